The largest absolute Gasteiger partial charge is 0.364 e. The summed E-state index contributed by atoms with van der Waals surface area (Å²) in [6, 6.07) is 7.24. The van der Waals surface area contributed by atoms with Crippen molar-refractivity contribution in [2.45, 2.75) is 24.9 Å². The summed E-state index contributed by atoms with van der Waals surface area (Å²) in [7, 11) is 0. The molecule has 18 heavy (non-hydrogen) atoms. The molecule has 2 atom stereocenters. The van der Waals surface area contributed by atoms with E-state index in [0.717, 1.165) is 5.56 Å². The van der Waals surface area contributed by atoms with Gasteiger partial charge in [-0.2, -0.15) is 0 Å². The van der Waals surface area contributed by atoms with Crippen LogP contribution in [0.1, 0.15) is 18.9 Å². The maximum Gasteiger partial charge on any atom is 0.257 e. The molecule has 2 unspecified atom stereocenters. The Bertz CT molecular complexity index is 505. The molecule has 96 valence electrons. The van der Waals surface area contributed by atoms with E-state index in [1.165, 1.54) is 0 Å². The summed E-state index contributed by atoms with van der Waals surface area (Å²) in [4.78, 5) is 0. The molecule has 0 amide bonds. The van der Waals surface area contributed by atoms with Crippen molar-refractivity contribution >= 4 is 17.7 Å². The van der Waals surface area contributed by atoms with E-state index in [1.807, 2.05) is 18.2 Å². The molecule has 0 radical (unpaired) electrons. The molecule has 1 aromatic carbocycles. The summed E-state index contributed by atoms with van der Waals surface area (Å²) in [5.74, 6) is -2.60. The number of epoxide rings is 1. The maximum absolute atomic E-state index is 13.4. The molecule has 1 aliphatic heterocycles. The zero-order valence-electron chi connectivity index (χ0n) is 9.92. The predicted octanol–water partition coefficient (Wildman–Crippen LogP) is 4.17. The first-order valence-electron chi connectivity index (χ1n) is 5.85. The number of rotatable bonds is 3. The molecule has 1 saturated heterocycles. The Morgan fingerprint density at radius 3 is 2.28 bits per heavy atom. The van der Waals surface area contributed by atoms with Gasteiger partial charge in [0.15, 0.2) is 0 Å². The second-order valence-electron chi connectivity index (χ2n) is 5.28. The Labute approximate surface area is 109 Å². The summed E-state index contributed by atoms with van der Waals surface area (Å²) in [6.07, 6.45) is 3.49. The van der Waals surface area contributed by atoms with Crippen LogP contribution in [0, 0.1) is 5.41 Å². The molecule has 1 heterocycles. The van der Waals surface area contributed by atoms with Crippen LogP contribution in [0.2, 0.25) is 5.02 Å². The van der Waals surface area contributed by atoms with Gasteiger partial charge in [-0.25, -0.2) is 8.78 Å². The van der Waals surface area contributed by atoms with Crippen LogP contribution in [0.25, 0.3) is 6.08 Å². The Morgan fingerprint density at radius 1 is 1.28 bits per heavy atom. The summed E-state index contributed by atoms with van der Waals surface area (Å²) in [6.45, 7) is 1.97. The SMILES string of the molecule is CC1(C2(C=Cc3ccc(Cl)cc3)CO2)CC1(F)F. The van der Waals surface area contributed by atoms with Gasteiger partial charge in [0.25, 0.3) is 5.92 Å². The summed E-state index contributed by atoms with van der Waals surface area (Å²) in [5.41, 5.74) is -0.888. The van der Waals surface area contributed by atoms with Crippen molar-refractivity contribution in [2.24, 2.45) is 5.41 Å². The van der Waals surface area contributed by atoms with Gasteiger partial charge in [-0.15, -0.1) is 0 Å². The fourth-order valence-corrected chi connectivity index (χ4v) is 2.47. The van der Waals surface area contributed by atoms with Crippen molar-refractivity contribution in [3.63, 3.8) is 0 Å². The van der Waals surface area contributed by atoms with Crippen LogP contribution in [0.4, 0.5) is 8.78 Å². The molecular weight excluding hydrogens is 258 g/mol. The van der Waals surface area contributed by atoms with Gasteiger partial charge in [-0.05, 0) is 23.8 Å². The molecule has 1 aliphatic carbocycles. The zero-order chi connectivity index (χ0) is 13.0. The average molecular weight is 271 g/mol. The third kappa shape index (κ3) is 1.69. The molecule has 2 aliphatic rings. The Morgan fingerprint density at radius 2 is 1.83 bits per heavy atom. The van der Waals surface area contributed by atoms with Crippen LogP contribution in [0.3, 0.4) is 0 Å². The van der Waals surface area contributed by atoms with E-state index in [9.17, 15) is 8.78 Å². The van der Waals surface area contributed by atoms with E-state index in [-0.39, 0.29) is 6.42 Å². The number of alkyl halides is 2. The monoisotopic (exact) mass is 270 g/mol. The van der Waals surface area contributed by atoms with E-state index >= 15 is 0 Å². The van der Waals surface area contributed by atoms with Gasteiger partial charge in [-0.3, -0.25) is 0 Å². The van der Waals surface area contributed by atoms with Crippen LogP contribution in [0.5, 0.6) is 0 Å². The molecule has 0 bridgehead atoms. The van der Waals surface area contributed by atoms with E-state index in [0.29, 0.717) is 11.6 Å². The number of benzene rings is 1. The fraction of sp³-hybridized carbons (Fsp3) is 0.429. The Balaban J connectivity index is 1.79. The second kappa shape index (κ2) is 3.55. The molecule has 2 fully saturated rings. The van der Waals surface area contributed by atoms with Gasteiger partial charge in [0.1, 0.15) is 5.60 Å². The van der Waals surface area contributed by atoms with Crippen LogP contribution in [0.15, 0.2) is 30.3 Å². The average Bonchev–Trinajstić information content (AvgIpc) is 3.18. The van der Waals surface area contributed by atoms with Crippen molar-refractivity contribution in [3.8, 4) is 0 Å². The van der Waals surface area contributed by atoms with Crippen LogP contribution in [-0.2, 0) is 4.74 Å². The molecule has 1 aromatic rings. The molecule has 3 rings (SSSR count). The molecule has 0 N–H and O–H groups in total. The lowest BCUT2D eigenvalue weighted by Gasteiger charge is -2.15. The van der Waals surface area contributed by atoms with Crippen molar-refractivity contribution in [2.75, 3.05) is 6.61 Å². The molecule has 0 aromatic heterocycles. The van der Waals surface area contributed by atoms with Crippen molar-refractivity contribution in [1.82, 2.24) is 0 Å². The van der Waals surface area contributed by atoms with Gasteiger partial charge in [0.2, 0.25) is 0 Å². The van der Waals surface area contributed by atoms with E-state index in [4.69, 9.17) is 16.3 Å². The molecule has 1 saturated carbocycles. The third-order valence-corrected chi connectivity index (χ3v) is 4.31. The smallest absolute Gasteiger partial charge is 0.257 e. The highest BCUT2D eigenvalue weighted by atomic mass is 35.5. The topological polar surface area (TPSA) is 12.5 Å². The van der Waals surface area contributed by atoms with Crippen molar-refractivity contribution in [3.05, 3.63) is 40.9 Å². The second-order valence-corrected chi connectivity index (χ2v) is 5.71. The quantitative estimate of drug-likeness (QED) is 0.751. The van der Waals surface area contributed by atoms with E-state index < -0.39 is 16.9 Å². The lowest BCUT2D eigenvalue weighted by Crippen LogP contribution is -2.26. The maximum atomic E-state index is 13.4. The lowest BCUT2D eigenvalue weighted by molar-refractivity contribution is 0.0449. The van der Waals surface area contributed by atoms with E-state index in [1.54, 1.807) is 25.1 Å². The predicted molar refractivity (Wildman–Crippen MR) is 66.8 cm³/mol. The van der Waals surface area contributed by atoms with Gasteiger partial charge in [0, 0.05) is 11.4 Å². The number of halogens is 3. The minimum absolute atomic E-state index is 0.0923. The van der Waals surface area contributed by atoms with Crippen molar-refractivity contribution < 1.29 is 13.5 Å². The standard InChI is InChI=1S/C14H13ClF2O/c1-12(8-14(12,16)17)13(9-18-13)7-6-10-2-4-11(15)5-3-10/h2-7H,8-9H2,1H3. The first kappa shape index (κ1) is 12.1. The zero-order valence-corrected chi connectivity index (χ0v) is 10.7. The first-order chi connectivity index (χ1) is 8.39. The van der Waals surface area contributed by atoms with Gasteiger partial charge in [-0.1, -0.05) is 36.7 Å². The molecular formula is C14H13ClF2O. The highest BCUT2D eigenvalue weighted by molar-refractivity contribution is 6.30. The summed E-state index contributed by atoms with van der Waals surface area (Å²) in [5, 5.41) is 0.658. The third-order valence-electron chi connectivity index (χ3n) is 4.06. The fourth-order valence-electron chi connectivity index (χ4n) is 2.34. The minimum Gasteiger partial charge on any atom is -0.364 e. The lowest BCUT2D eigenvalue weighted by atomic mass is 9.90. The van der Waals surface area contributed by atoms with Gasteiger partial charge >= 0.3 is 0 Å². The number of hydrogen-bond donors (Lipinski definition) is 0. The van der Waals surface area contributed by atoms with Gasteiger partial charge < -0.3 is 4.74 Å². The normalized spacial score (nSPS) is 36.9. The van der Waals surface area contributed by atoms with Gasteiger partial charge in [0.05, 0.1) is 12.0 Å². The van der Waals surface area contributed by atoms with E-state index in [2.05, 4.69) is 0 Å². The summed E-state index contributed by atoms with van der Waals surface area (Å²) < 4.78 is 32.0. The molecule has 4 heteroatoms. The molecule has 1 nitrogen and oxygen atoms in total. The molecule has 0 spiro atoms. The van der Waals surface area contributed by atoms with Crippen LogP contribution in [-0.4, -0.2) is 18.1 Å². The highest BCUT2D eigenvalue weighted by Gasteiger charge is 2.80. The Hall–Kier alpha value is -0.930. The van der Waals surface area contributed by atoms with Crippen LogP contribution >= 0.6 is 11.6 Å². The summed E-state index contributed by atoms with van der Waals surface area (Å²) >= 11 is 5.79. The number of hydrogen-bond acceptors (Lipinski definition) is 1. The van der Waals surface area contributed by atoms with Crippen LogP contribution < -0.4 is 0 Å². The highest BCUT2D eigenvalue weighted by Crippen LogP contribution is 2.70. The van der Waals surface area contributed by atoms with Crippen molar-refractivity contribution in [1.29, 1.82) is 0 Å². The number of ether oxygens (including phenoxy) is 1. The first-order valence-corrected chi connectivity index (χ1v) is 6.23. The Kier molecular flexibility index (Phi) is 2.39. The minimum atomic E-state index is -2.60.